The summed E-state index contributed by atoms with van der Waals surface area (Å²) in [4.78, 5) is 22.8. The zero-order chi connectivity index (χ0) is 12.8. The third kappa shape index (κ3) is 4.36. The summed E-state index contributed by atoms with van der Waals surface area (Å²) < 4.78 is 5.11. The number of rotatable bonds is 6. The van der Waals surface area contributed by atoms with Crippen LogP contribution >= 0.6 is 0 Å². The van der Waals surface area contributed by atoms with Crippen LogP contribution in [0.1, 0.15) is 52.4 Å². The molecule has 1 aliphatic carbocycles. The molecule has 2 atom stereocenters. The van der Waals surface area contributed by atoms with E-state index in [-0.39, 0.29) is 6.10 Å². The minimum Gasteiger partial charge on any atom is -0.481 e. The van der Waals surface area contributed by atoms with E-state index in [2.05, 4.69) is 0 Å². The first-order valence-electron chi connectivity index (χ1n) is 6.47. The van der Waals surface area contributed by atoms with Crippen molar-refractivity contribution in [3.63, 3.8) is 0 Å². The van der Waals surface area contributed by atoms with Gasteiger partial charge in [0.05, 0.1) is 6.10 Å². The molecule has 0 heterocycles. The standard InChI is InChI=1S/C13H22O4/c1-3-9(2)17-13(16)11(12(14)15)8-10-6-4-5-7-10/h9-11H,3-8H2,1-2H3,(H,14,15)/t9?,11-/m1/s1. The number of aliphatic carboxylic acids is 1. The molecule has 1 saturated carbocycles. The highest BCUT2D eigenvalue weighted by molar-refractivity contribution is 5.93. The van der Waals surface area contributed by atoms with Gasteiger partial charge in [0.1, 0.15) is 0 Å². The van der Waals surface area contributed by atoms with Gasteiger partial charge >= 0.3 is 11.9 Å². The fourth-order valence-corrected chi connectivity index (χ4v) is 2.24. The van der Waals surface area contributed by atoms with Crippen LogP contribution in [-0.4, -0.2) is 23.1 Å². The lowest BCUT2D eigenvalue weighted by molar-refractivity contribution is -0.162. The molecule has 1 aliphatic rings. The van der Waals surface area contributed by atoms with E-state index >= 15 is 0 Å². The average molecular weight is 242 g/mol. The van der Waals surface area contributed by atoms with Gasteiger partial charge in [0.2, 0.25) is 0 Å². The van der Waals surface area contributed by atoms with Gasteiger partial charge in [-0.2, -0.15) is 0 Å². The molecule has 0 aliphatic heterocycles. The number of carbonyl (C=O) groups excluding carboxylic acids is 1. The molecule has 0 spiro atoms. The molecule has 98 valence electrons. The molecule has 0 aromatic heterocycles. The summed E-state index contributed by atoms with van der Waals surface area (Å²) in [7, 11) is 0. The first-order valence-corrected chi connectivity index (χ1v) is 6.47. The van der Waals surface area contributed by atoms with Crippen molar-refractivity contribution >= 4 is 11.9 Å². The van der Waals surface area contributed by atoms with E-state index in [1.54, 1.807) is 6.92 Å². The maximum Gasteiger partial charge on any atom is 0.320 e. The topological polar surface area (TPSA) is 63.6 Å². The van der Waals surface area contributed by atoms with Crippen molar-refractivity contribution in [3.8, 4) is 0 Å². The Kier molecular flexibility index (Phi) is 5.45. The van der Waals surface area contributed by atoms with Crippen molar-refractivity contribution in [2.75, 3.05) is 0 Å². The Morgan fingerprint density at radius 1 is 1.35 bits per heavy atom. The van der Waals surface area contributed by atoms with Crippen LogP contribution < -0.4 is 0 Å². The minimum atomic E-state index is -1.05. The van der Waals surface area contributed by atoms with Gasteiger partial charge < -0.3 is 9.84 Å². The number of carbonyl (C=O) groups is 2. The third-order valence-electron chi connectivity index (χ3n) is 3.52. The van der Waals surface area contributed by atoms with E-state index in [0.29, 0.717) is 18.8 Å². The number of hydrogen-bond donors (Lipinski definition) is 1. The molecule has 4 heteroatoms. The van der Waals surface area contributed by atoms with Gasteiger partial charge in [0, 0.05) is 0 Å². The number of hydrogen-bond acceptors (Lipinski definition) is 3. The van der Waals surface area contributed by atoms with Gasteiger partial charge in [0.25, 0.3) is 0 Å². The van der Waals surface area contributed by atoms with Crippen LogP contribution in [0.2, 0.25) is 0 Å². The van der Waals surface area contributed by atoms with Crippen LogP contribution in [0.5, 0.6) is 0 Å². The van der Waals surface area contributed by atoms with Gasteiger partial charge in [-0.1, -0.05) is 32.6 Å². The first-order chi connectivity index (χ1) is 8.04. The van der Waals surface area contributed by atoms with Crippen molar-refractivity contribution in [2.45, 2.75) is 58.5 Å². The second-order valence-electron chi connectivity index (χ2n) is 4.93. The Labute approximate surface area is 102 Å². The molecule has 0 bridgehead atoms. The van der Waals surface area contributed by atoms with Gasteiger partial charge in [-0.25, -0.2) is 0 Å². The summed E-state index contributed by atoms with van der Waals surface area (Å²) in [5.74, 6) is -2.23. The van der Waals surface area contributed by atoms with E-state index in [1.165, 1.54) is 0 Å². The Bertz CT molecular complexity index is 269. The van der Waals surface area contributed by atoms with Gasteiger partial charge in [-0.3, -0.25) is 9.59 Å². The predicted molar refractivity (Wildman–Crippen MR) is 63.5 cm³/mol. The van der Waals surface area contributed by atoms with Crippen molar-refractivity contribution in [1.82, 2.24) is 0 Å². The quantitative estimate of drug-likeness (QED) is 0.574. The molecule has 1 fully saturated rings. The molecular formula is C13H22O4. The molecule has 17 heavy (non-hydrogen) atoms. The lowest BCUT2D eigenvalue weighted by Crippen LogP contribution is -2.30. The second kappa shape index (κ2) is 6.62. The maximum absolute atomic E-state index is 11.7. The summed E-state index contributed by atoms with van der Waals surface area (Å²) in [6.45, 7) is 3.69. The van der Waals surface area contributed by atoms with Crippen LogP contribution in [0.4, 0.5) is 0 Å². The number of carboxylic acid groups (broad SMARTS) is 1. The molecule has 1 N–H and O–H groups in total. The third-order valence-corrected chi connectivity index (χ3v) is 3.52. The molecule has 1 rings (SSSR count). The molecule has 0 amide bonds. The van der Waals surface area contributed by atoms with E-state index in [0.717, 1.165) is 25.7 Å². The first kappa shape index (κ1) is 14.0. The monoisotopic (exact) mass is 242 g/mol. The van der Waals surface area contributed by atoms with Crippen molar-refractivity contribution in [3.05, 3.63) is 0 Å². The summed E-state index contributed by atoms with van der Waals surface area (Å²) in [5, 5.41) is 9.09. The second-order valence-corrected chi connectivity index (χ2v) is 4.93. The zero-order valence-corrected chi connectivity index (χ0v) is 10.6. The summed E-state index contributed by atoms with van der Waals surface area (Å²) in [5.41, 5.74) is 0. The molecular weight excluding hydrogens is 220 g/mol. The highest BCUT2D eigenvalue weighted by Crippen LogP contribution is 2.31. The molecule has 0 saturated heterocycles. The summed E-state index contributed by atoms with van der Waals surface area (Å²) >= 11 is 0. The Hall–Kier alpha value is -1.06. The highest BCUT2D eigenvalue weighted by atomic mass is 16.5. The molecule has 0 radical (unpaired) electrons. The fraction of sp³-hybridized carbons (Fsp3) is 0.846. The normalized spacial score (nSPS) is 19.9. The molecule has 1 unspecified atom stereocenters. The Morgan fingerprint density at radius 3 is 2.41 bits per heavy atom. The van der Waals surface area contributed by atoms with Crippen LogP contribution in [0, 0.1) is 11.8 Å². The van der Waals surface area contributed by atoms with Crippen LogP contribution in [0.25, 0.3) is 0 Å². The van der Waals surface area contributed by atoms with E-state index in [9.17, 15) is 9.59 Å². The Morgan fingerprint density at radius 2 is 1.94 bits per heavy atom. The van der Waals surface area contributed by atoms with Crippen molar-refractivity contribution in [2.24, 2.45) is 11.8 Å². The van der Waals surface area contributed by atoms with Crippen LogP contribution in [0.3, 0.4) is 0 Å². The maximum atomic E-state index is 11.7. The largest absolute Gasteiger partial charge is 0.481 e. The predicted octanol–water partition coefficient (Wildman–Crippen LogP) is 2.61. The lowest BCUT2D eigenvalue weighted by Gasteiger charge is -2.18. The summed E-state index contributed by atoms with van der Waals surface area (Å²) in [6, 6.07) is 0. The number of esters is 1. The molecule has 0 aromatic rings. The van der Waals surface area contributed by atoms with Crippen molar-refractivity contribution in [1.29, 1.82) is 0 Å². The highest BCUT2D eigenvalue weighted by Gasteiger charge is 2.32. The van der Waals surface area contributed by atoms with Crippen molar-refractivity contribution < 1.29 is 19.4 Å². The average Bonchev–Trinajstić information content (AvgIpc) is 2.77. The Balaban J connectivity index is 2.52. The minimum absolute atomic E-state index is 0.201. The zero-order valence-electron chi connectivity index (χ0n) is 10.6. The number of ether oxygens (including phenoxy) is 1. The summed E-state index contributed by atoms with van der Waals surface area (Å²) in [6.07, 6.45) is 5.33. The molecule has 0 aromatic carbocycles. The van der Waals surface area contributed by atoms with Crippen LogP contribution in [0.15, 0.2) is 0 Å². The number of carboxylic acids is 1. The van der Waals surface area contributed by atoms with Crippen LogP contribution in [-0.2, 0) is 14.3 Å². The van der Waals surface area contributed by atoms with Gasteiger partial charge in [-0.05, 0) is 25.7 Å². The van der Waals surface area contributed by atoms with E-state index < -0.39 is 17.9 Å². The van der Waals surface area contributed by atoms with Gasteiger partial charge in [0.15, 0.2) is 5.92 Å². The molecule has 4 nitrogen and oxygen atoms in total. The van der Waals surface area contributed by atoms with Gasteiger partial charge in [-0.15, -0.1) is 0 Å². The van der Waals surface area contributed by atoms with E-state index in [1.807, 2.05) is 6.92 Å². The smallest absolute Gasteiger partial charge is 0.320 e. The SMILES string of the molecule is CCC(C)OC(=O)[C@H](CC1CCCC1)C(=O)O. The lowest BCUT2D eigenvalue weighted by atomic mass is 9.93. The van der Waals surface area contributed by atoms with E-state index in [4.69, 9.17) is 9.84 Å². The fourth-order valence-electron chi connectivity index (χ4n) is 2.24.